The average molecular weight is 413 g/mol. The monoisotopic (exact) mass is 412 g/mol. The number of nitrogens with one attached hydrogen (secondary N) is 1. The normalized spacial score (nSPS) is 11.7. The van der Waals surface area contributed by atoms with E-state index in [-0.39, 0.29) is 11.9 Å². The third kappa shape index (κ3) is 5.68. The van der Waals surface area contributed by atoms with Crippen LogP contribution in [-0.2, 0) is 11.3 Å². The van der Waals surface area contributed by atoms with E-state index < -0.39 is 0 Å². The van der Waals surface area contributed by atoms with E-state index in [1.54, 1.807) is 17.0 Å². The first-order chi connectivity index (χ1) is 14.5. The number of halogens is 1. The molecule has 3 rings (SSSR count). The molecule has 1 aromatic heterocycles. The zero-order chi connectivity index (χ0) is 22.1. The van der Waals surface area contributed by atoms with Gasteiger partial charge in [0, 0.05) is 41.3 Å². The Morgan fingerprint density at radius 1 is 1.20 bits per heavy atom. The molecule has 0 saturated carbocycles. The van der Waals surface area contributed by atoms with Crippen molar-refractivity contribution in [2.45, 2.75) is 46.2 Å². The molecule has 0 fully saturated rings. The highest BCUT2D eigenvalue weighted by atomic mass is 19.1. The number of fused-ring (bicyclic) bond motifs is 1. The standard InChI is InChI=1S/C22H27FN4O.C2H6/c1-15-22(20-11-17(23)8-9-21(20)26-15)19-7-3-2-5-16(19)12-27(14-28)13-18(25)6-4-10-24;1-2/h2-3,5,7-9,11,14,18,26H,4,6,10,12-13,24-25H2,1H3;1-2H3. The number of hydrogen-bond acceptors (Lipinski definition) is 3. The molecule has 1 unspecified atom stereocenters. The molecule has 30 heavy (non-hydrogen) atoms. The second-order valence-electron chi connectivity index (χ2n) is 7.20. The maximum absolute atomic E-state index is 13.9. The van der Waals surface area contributed by atoms with Crippen LogP contribution < -0.4 is 11.5 Å². The van der Waals surface area contributed by atoms with Crippen LogP contribution >= 0.6 is 0 Å². The summed E-state index contributed by atoms with van der Waals surface area (Å²) in [5.74, 6) is -0.273. The summed E-state index contributed by atoms with van der Waals surface area (Å²) in [7, 11) is 0. The minimum absolute atomic E-state index is 0.107. The Balaban J connectivity index is 0.00000155. The number of carbonyl (C=O) groups excluding carboxylic acids is 1. The maximum atomic E-state index is 13.9. The first-order valence-corrected chi connectivity index (χ1v) is 10.5. The zero-order valence-electron chi connectivity index (χ0n) is 18.1. The lowest BCUT2D eigenvalue weighted by Crippen LogP contribution is -2.36. The molecule has 162 valence electrons. The summed E-state index contributed by atoms with van der Waals surface area (Å²) in [6.07, 6.45) is 2.45. The van der Waals surface area contributed by atoms with Crippen molar-refractivity contribution in [3.05, 3.63) is 59.5 Å². The van der Waals surface area contributed by atoms with Crippen molar-refractivity contribution in [3.8, 4) is 11.1 Å². The molecule has 1 heterocycles. The van der Waals surface area contributed by atoms with E-state index in [0.717, 1.165) is 52.5 Å². The third-order valence-corrected chi connectivity index (χ3v) is 5.01. The van der Waals surface area contributed by atoms with Gasteiger partial charge in [0.2, 0.25) is 6.41 Å². The van der Waals surface area contributed by atoms with Crippen LogP contribution in [0.15, 0.2) is 42.5 Å². The summed E-state index contributed by atoms with van der Waals surface area (Å²) in [5, 5.41) is 0.835. The molecule has 0 saturated heterocycles. The molecule has 0 bridgehead atoms. The van der Waals surface area contributed by atoms with Gasteiger partial charge in [0.15, 0.2) is 0 Å². The largest absolute Gasteiger partial charge is 0.358 e. The van der Waals surface area contributed by atoms with Gasteiger partial charge in [-0.25, -0.2) is 4.39 Å². The van der Waals surface area contributed by atoms with E-state index in [0.29, 0.717) is 19.6 Å². The van der Waals surface area contributed by atoms with Crippen LogP contribution in [0.2, 0.25) is 0 Å². The third-order valence-electron chi connectivity index (χ3n) is 5.01. The zero-order valence-corrected chi connectivity index (χ0v) is 18.1. The Labute approximate surface area is 178 Å². The molecule has 0 aliphatic rings. The van der Waals surface area contributed by atoms with Crippen LogP contribution in [-0.4, -0.2) is 35.4 Å². The van der Waals surface area contributed by atoms with Gasteiger partial charge in [-0.1, -0.05) is 38.1 Å². The molecular formula is C24H33FN4O. The summed E-state index contributed by atoms with van der Waals surface area (Å²) < 4.78 is 13.9. The van der Waals surface area contributed by atoms with Gasteiger partial charge >= 0.3 is 0 Å². The Morgan fingerprint density at radius 3 is 2.63 bits per heavy atom. The van der Waals surface area contributed by atoms with Crippen molar-refractivity contribution in [2.75, 3.05) is 13.1 Å². The van der Waals surface area contributed by atoms with E-state index >= 15 is 0 Å². The van der Waals surface area contributed by atoms with Crippen LogP contribution in [0.1, 0.15) is 37.9 Å². The number of nitrogens with zero attached hydrogens (tertiary/aromatic N) is 1. The van der Waals surface area contributed by atoms with Crippen molar-refractivity contribution in [1.82, 2.24) is 9.88 Å². The minimum atomic E-state index is -0.273. The van der Waals surface area contributed by atoms with Crippen LogP contribution in [0.3, 0.4) is 0 Å². The van der Waals surface area contributed by atoms with E-state index in [1.165, 1.54) is 6.07 Å². The average Bonchev–Trinajstić information content (AvgIpc) is 3.08. The van der Waals surface area contributed by atoms with Crippen LogP contribution in [0.25, 0.3) is 22.0 Å². The smallest absolute Gasteiger partial charge is 0.210 e. The molecule has 0 aliphatic heterocycles. The summed E-state index contributed by atoms with van der Waals surface area (Å²) in [6, 6.07) is 12.5. The molecule has 5 N–H and O–H groups in total. The van der Waals surface area contributed by atoms with Crippen molar-refractivity contribution in [2.24, 2.45) is 11.5 Å². The first-order valence-electron chi connectivity index (χ1n) is 10.5. The Kier molecular flexibility index (Phi) is 9.02. The Morgan fingerprint density at radius 2 is 1.93 bits per heavy atom. The van der Waals surface area contributed by atoms with Crippen LogP contribution in [0.5, 0.6) is 0 Å². The van der Waals surface area contributed by atoms with Gasteiger partial charge in [0.05, 0.1) is 0 Å². The number of hydrogen-bond donors (Lipinski definition) is 3. The fourth-order valence-corrected chi connectivity index (χ4v) is 3.68. The van der Waals surface area contributed by atoms with Gasteiger partial charge in [0.1, 0.15) is 5.82 Å². The molecule has 3 aromatic rings. The molecule has 5 nitrogen and oxygen atoms in total. The van der Waals surface area contributed by atoms with Crippen molar-refractivity contribution < 1.29 is 9.18 Å². The van der Waals surface area contributed by atoms with Gasteiger partial charge < -0.3 is 21.4 Å². The molecule has 6 heteroatoms. The lowest BCUT2D eigenvalue weighted by atomic mass is 9.96. The summed E-state index contributed by atoms with van der Waals surface area (Å²) in [5.41, 5.74) is 16.5. The van der Waals surface area contributed by atoms with Crippen LogP contribution in [0, 0.1) is 12.7 Å². The maximum Gasteiger partial charge on any atom is 0.210 e. The number of nitrogens with two attached hydrogens (primary N) is 2. The SMILES string of the molecule is CC.Cc1[nH]c2ccc(F)cc2c1-c1ccccc1CN(C=O)CC(N)CCCN. The number of aryl methyl sites for hydroxylation is 1. The van der Waals surface area contributed by atoms with E-state index in [9.17, 15) is 9.18 Å². The lowest BCUT2D eigenvalue weighted by molar-refractivity contribution is -0.118. The number of rotatable bonds is 9. The van der Waals surface area contributed by atoms with Crippen molar-refractivity contribution in [3.63, 3.8) is 0 Å². The highest BCUT2D eigenvalue weighted by Crippen LogP contribution is 2.35. The van der Waals surface area contributed by atoms with Gasteiger partial charge in [-0.05, 0) is 55.6 Å². The highest BCUT2D eigenvalue weighted by molar-refractivity contribution is 5.98. The number of benzene rings is 2. The summed E-state index contributed by atoms with van der Waals surface area (Å²) in [4.78, 5) is 16.6. The summed E-state index contributed by atoms with van der Waals surface area (Å²) >= 11 is 0. The number of H-pyrrole nitrogens is 1. The molecule has 0 spiro atoms. The van der Waals surface area contributed by atoms with Gasteiger partial charge in [-0.15, -0.1) is 0 Å². The quantitative estimate of drug-likeness (QED) is 0.457. The van der Waals surface area contributed by atoms with Crippen LogP contribution in [0.4, 0.5) is 4.39 Å². The number of aromatic amines is 1. The first kappa shape index (κ1) is 23.6. The Hall–Kier alpha value is -2.70. The number of amides is 1. The fraction of sp³-hybridized carbons (Fsp3) is 0.375. The topological polar surface area (TPSA) is 88.1 Å². The number of carbonyl (C=O) groups is 1. The highest BCUT2D eigenvalue weighted by Gasteiger charge is 2.17. The molecule has 2 aromatic carbocycles. The molecule has 1 atom stereocenters. The molecule has 0 radical (unpaired) electrons. The van der Waals surface area contributed by atoms with E-state index in [4.69, 9.17) is 11.5 Å². The van der Waals surface area contributed by atoms with Crippen molar-refractivity contribution >= 4 is 17.3 Å². The predicted octanol–water partition coefficient (Wildman–Crippen LogP) is 4.33. The van der Waals surface area contributed by atoms with Gasteiger partial charge in [-0.3, -0.25) is 4.79 Å². The molecule has 1 amide bonds. The fourth-order valence-electron chi connectivity index (χ4n) is 3.68. The molecule has 0 aliphatic carbocycles. The second kappa shape index (κ2) is 11.5. The van der Waals surface area contributed by atoms with Crippen molar-refractivity contribution in [1.29, 1.82) is 0 Å². The van der Waals surface area contributed by atoms with E-state index in [2.05, 4.69) is 4.98 Å². The predicted molar refractivity (Wildman–Crippen MR) is 123 cm³/mol. The van der Waals surface area contributed by atoms with Gasteiger partial charge in [-0.2, -0.15) is 0 Å². The second-order valence-corrected chi connectivity index (χ2v) is 7.20. The Bertz CT molecular complexity index is 954. The van der Waals surface area contributed by atoms with E-state index in [1.807, 2.05) is 45.0 Å². The summed E-state index contributed by atoms with van der Waals surface area (Å²) in [6.45, 7) is 7.48. The molecular weight excluding hydrogens is 379 g/mol. The van der Waals surface area contributed by atoms with Gasteiger partial charge in [0.25, 0.3) is 0 Å². The minimum Gasteiger partial charge on any atom is -0.358 e. The number of aromatic nitrogens is 1. The lowest BCUT2D eigenvalue weighted by Gasteiger charge is -2.23.